The normalized spacial score (nSPS) is 17.9. The summed E-state index contributed by atoms with van der Waals surface area (Å²) in [5.41, 5.74) is 5.39. The number of amides is 1. The van der Waals surface area contributed by atoms with E-state index in [0.29, 0.717) is 12.2 Å². The molecule has 0 fully saturated rings. The van der Waals surface area contributed by atoms with Gasteiger partial charge >= 0.3 is 0 Å². The van der Waals surface area contributed by atoms with E-state index in [4.69, 9.17) is 11.6 Å². The van der Waals surface area contributed by atoms with Crippen LogP contribution in [0.15, 0.2) is 11.8 Å². The van der Waals surface area contributed by atoms with Gasteiger partial charge in [-0.1, -0.05) is 6.08 Å². The van der Waals surface area contributed by atoms with Crippen LogP contribution in [0.5, 0.6) is 0 Å². The number of primary amides is 1. The highest BCUT2D eigenvalue weighted by Gasteiger charge is 2.15. The van der Waals surface area contributed by atoms with Crippen molar-refractivity contribution in [2.45, 2.75) is 6.42 Å². The third kappa shape index (κ3) is 1.02. The Labute approximate surface area is 53.1 Å². The molecule has 0 aromatic rings. The van der Waals surface area contributed by atoms with E-state index < -0.39 is 5.91 Å². The molecule has 0 bridgehead atoms. The maximum atomic E-state index is 10.4. The Morgan fingerprint density at radius 3 is 2.67 bits per heavy atom. The standard InChI is InChI=1S/C5H9N3O/c6-5(9)4-2-1-3-8(4)7/h2H,1,3,7H2,(H2,6,9). The van der Waals surface area contributed by atoms with Crippen LogP contribution < -0.4 is 11.6 Å². The molecule has 1 rings (SSSR count). The molecular formula is C5H9N3O. The quantitative estimate of drug-likeness (QED) is 0.441. The molecule has 9 heavy (non-hydrogen) atoms. The molecule has 1 amide bonds. The van der Waals surface area contributed by atoms with Crippen molar-refractivity contribution in [1.82, 2.24) is 5.01 Å². The van der Waals surface area contributed by atoms with Crippen molar-refractivity contribution in [1.29, 1.82) is 0 Å². The molecule has 4 heteroatoms. The molecule has 1 heterocycles. The molecule has 1 aliphatic heterocycles. The van der Waals surface area contributed by atoms with Crippen molar-refractivity contribution >= 4 is 5.91 Å². The second-order valence-electron chi connectivity index (χ2n) is 1.94. The zero-order chi connectivity index (χ0) is 6.85. The Morgan fingerprint density at radius 1 is 1.78 bits per heavy atom. The van der Waals surface area contributed by atoms with E-state index in [1.54, 1.807) is 6.08 Å². The molecule has 0 saturated heterocycles. The van der Waals surface area contributed by atoms with Gasteiger partial charge in [-0.25, -0.2) is 5.84 Å². The molecule has 0 saturated carbocycles. The van der Waals surface area contributed by atoms with Crippen LogP contribution in [0.2, 0.25) is 0 Å². The van der Waals surface area contributed by atoms with E-state index >= 15 is 0 Å². The maximum absolute atomic E-state index is 10.4. The molecule has 0 unspecified atom stereocenters. The number of hydrogen-bond donors (Lipinski definition) is 2. The number of nitrogens with two attached hydrogens (primary N) is 2. The number of carbonyl (C=O) groups is 1. The minimum absolute atomic E-state index is 0.426. The third-order valence-corrected chi connectivity index (χ3v) is 1.27. The van der Waals surface area contributed by atoms with Gasteiger partial charge in [-0.2, -0.15) is 0 Å². The predicted molar refractivity (Wildman–Crippen MR) is 32.8 cm³/mol. The molecular weight excluding hydrogens is 118 g/mol. The van der Waals surface area contributed by atoms with E-state index in [9.17, 15) is 4.79 Å². The van der Waals surface area contributed by atoms with Gasteiger partial charge in [0, 0.05) is 6.54 Å². The summed E-state index contributed by atoms with van der Waals surface area (Å²) in [5, 5.41) is 1.36. The van der Waals surface area contributed by atoms with Crippen molar-refractivity contribution in [2.24, 2.45) is 11.6 Å². The van der Waals surface area contributed by atoms with Crippen molar-refractivity contribution < 1.29 is 4.79 Å². The molecule has 0 radical (unpaired) electrons. The van der Waals surface area contributed by atoms with Gasteiger partial charge < -0.3 is 10.7 Å². The summed E-state index contributed by atoms with van der Waals surface area (Å²) in [6, 6.07) is 0. The van der Waals surface area contributed by atoms with Gasteiger partial charge in [-0.15, -0.1) is 0 Å². The number of hydrazine groups is 1. The van der Waals surface area contributed by atoms with Crippen LogP contribution in [0.1, 0.15) is 6.42 Å². The zero-order valence-electron chi connectivity index (χ0n) is 5.00. The minimum atomic E-state index is -0.449. The molecule has 0 spiro atoms. The van der Waals surface area contributed by atoms with Gasteiger partial charge in [0.05, 0.1) is 0 Å². The van der Waals surface area contributed by atoms with Crippen LogP contribution in [-0.4, -0.2) is 17.5 Å². The first-order chi connectivity index (χ1) is 4.22. The zero-order valence-corrected chi connectivity index (χ0v) is 5.00. The van der Waals surface area contributed by atoms with Crippen molar-refractivity contribution in [2.75, 3.05) is 6.54 Å². The van der Waals surface area contributed by atoms with E-state index in [1.165, 1.54) is 5.01 Å². The fourth-order valence-electron chi connectivity index (χ4n) is 0.820. The molecule has 0 aliphatic carbocycles. The van der Waals surface area contributed by atoms with Crippen molar-refractivity contribution in [3.05, 3.63) is 11.8 Å². The average molecular weight is 127 g/mol. The highest BCUT2D eigenvalue weighted by Crippen LogP contribution is 2.07. The molecule has 0 aromatic carbocycles. The monoisotopic (exact) mass is 127 g/mol. The Morgan fingerprint density at radius 2 is 2.44 bits per heavy atom. The van der Waals surface area contributed by atoms with Crippen LogP contribution in [0.4, 0.5) is 0 Å². The van der Waals surface area contributed by atoms with Gasteiger partial charge in [0.15, 0.2) is 0 Å². The maximum Gasteiger partial charge on any atom is 0.266 e. The molecule has 1 aliphatic rings. The van der Waals surface area contributed by atoms with Crippen LogP contribution in [-0.2, 0) is 4.79 Å². The van der Waals surface area contributed by atoms with Gasteiger partial charge in [0.1, 0.15) is 5.70 Å². The fourth-order valence-corrected chi connectivity index (χ4v) is 0.820. The lowest BCUT2D eigenvalue weighted by atomic mass is 10.4. The predicted octanol–water partition coefficient (Wildman–Crippen LogP) is -1.06. The fraction of sp³-hybridized carbons (Fsp3) is 0.400. The topological polar surface area (TPSA) is 72.4 Å². The van der Waals surface area contributed by atoms with Gasteiger partial charge in [-0.3, -0.25) is 4.79 Å². The number of carbonyl (C=O) groups excluding carboxylic acids is 1. The van der Waals surface area contributed by atoms with Gasteiger partial charge in [0.25, 0.3) is 5.91 Å². The Bertz CT molecular complexity index is 164. The summed E-state index contributed by atoms with van der Waals surface area (Å²) in [6.07, 6.45) is 2.55. The highest BCUT2D eigenvalue weighted by atomic mass is 16.1. The molecule has 50 valence electrons. The number of rotatable bonds is 1. The molecule has 4 N–H and O–H groups in total. The average Bonchev–Trinajstić information content (AvgIpc) is 2.13. The van der Waals surface area contributed by atoms with Gasteiger partial charge in [-0.05, 0) is 6.42 Å². The van der Waals surface area contributed by atoms with Crippen LogP contribution in [0.25, 0.3) is 0 Å². The first-order valence-electron chi connectivity index (χ1n) is 2.74. The first kappa shape index (κ1) is 6.10. The largest absolute Gasteiger partial charge is 0.364 e. The summed E-state index contributed by atoms with van der Waals surface area (Å²) >= 11 is 0. The van der Waals surface area contributed by atoms with E-state index in [2.05, 4.69) is 0 Å². The van der Waals surface area contributed by atoms with E-state index in [0.717, 1.165) is 6.42 Å². The third-order valence-electron chi connectivity index (χ3n) is 1.27. The Hall–Kier alpha value is -1.03. The SMILES string of the molecule is NC(=O)C1=CCCN1N. The molecule has 0 aromatic heterocycles. The van der Waals surface area contributed by atoms with E-state index in [1.807, 2.05) is 0 Å². The Kier molecular flexibility index (Phi) is 1.40. The summed E-state index contributed by atoms with van der Waals surface area (Å²) in [7, 11) is 0. The van der Waals surface area contributed by atoms with Crippen LogP contribution >= 0.6 is 0 Å². The molecule has 4 nitrogen and oxygen atoms in total. The lowest BCUT2D eigenvalue weighted by Crippen LogP contribution is -2.33. The summed E-state index contributed by atoms with van der Waals surface area (Å²) in [6.45, 7) is 0.693. The lowest BCUT2D eigenvalue weighted by molar-refractivity contribution is -0.115. The van der Waals surface area contributed by atoms with Crippen LogP contribution in [0, 0.1) is 0 Å². The number of hydrogen-bond acceptors (Lipinski definition) is 3. The second kappa shape index (κ2) is 2.06. The first-order valence-corrected chi connectivity index (χ1v) is 2.74. The van der Waals surface area contributed by atoms with Crippen molar-refractivity contribution in [3.8, 4) is 0 Å². The second-order valence-corrected chi connectivity index (χ2v) is 1.94. The van der Waals surface area contributed by atoms with Crippen molar-refractivity contribution in [3.63, 3.8) is 0 Å². The highest BCUT2D eigenvalue weighted by molar-refractivity contribution is 5.91. The number of nitrogens with zero attached hydrogens (tertiary/aromatic N) is 1. The molecule has 0 atom stereocenters. The minimum Gasteiger partial charge on any atom is -0.364 e. The van der Waals surface area contributed by atoms with E-state index in [-0.39, 0.29) is 0 Å². The Balaban J connectivity index is 2.68. The summed E-state index contributed by atoms with van der Waals surface area (Å²) in [5.74, 6) is 4.90. The summed E-state index contributed by atoms with van der Waals surface area (Å²) < 4.78 is 0. The summed E-state index contributed by atoms with van der Waals surface area (Å²) in [4.78, 5) is 10.4. The lowest BCUT2D eigenvalue weighted by Gasteiger charge is -2.11. The van der Waals surface area contributed by atoms with Gasteiger partial charge in [0.2, 0.25) is 0 Å². The van der Waals surface area contributed by atoms with Crippen LogP contribution in [0.3, 0.4) is 0 Å². The smallest absolute Gasteiger partial charge is 0.266 e.